The number of hydrogen-bond donors (Lipinski definition) is 2. The van der Waals surface area contributed by atoms with Crippen molar-refractivity contribution >= 4 is 29.2 Å². The zero-order chi connectivity index (χ0) is 18.0. The average Bonchev–Trinajstić information content (AvgIpc) is 2.97. The van der Waals surface area contributed by atoms with E-state index in [-0.39, 0.29) is 0 Å². The largest absolute Gasteiger partial charge is 0.465 e. The quantitative estimate of drug-likeness (QED) is 0.799. The summed E-state index contributed by atoms with van der Waals surface area (Å²) in [4.78, 5) is 25.6. The van der Waals surface area contributed by atoms with Gasteiger partial charge in [-0.3, -0.25) is 4.90 Å². The van der Waals surface area contributed by atoms with Crippen LogP contribution in [0.5, 0.6) is 0 Å². The van der Waals surface area contributed by atoms with Crippen molar-refractivity contribution in [2.75, 3.05) is 49.3 Å². The molecule has 1 aromatic carbocycles. The van der Waals surface area contributed by atoms with E-state index in [0.29, 0.717) is 24.9 Å². The van der Waals surface area contributed by atoms with Crippen LogP contribution < -0.4 is 15.5 Å². The van der Waals surface area contributed by atoms with Crippen LogP contribution in [0.3, 0.4) is 0 Å². The van der Waals surface area contributed by atoms with Gasteiger partial charge in [0, 0.05) is 37.2 Å². The van der Waals surface area contributed by atoms with Crippen LogP contribution in [0.15, 0.2) is 30.5 Å². The van der Waals surface area contributed by atoms with Crippen molar-refractivity contribution in [1.82, 2.24) is 14.9 Å². The second kappa shape index (κ2) is 6.94. The topological polar surface area (TPSA) is 98.8 Å². The van der Waals surface area contributed by atoms with E-state index in [0.717, 1.165) is 29.9 Å². The fourth-order valence-electron chi connectivity index (χ4n) is 2.86. The Morgan fingerprint density at radius 2 is 2.12 bits per heavy atom. The van der Waals surface area contributed by atoms with Crippen LogP contribution in [0.1, 0.15) is 5.56 Å². The Hall–Kier alpha value is -2.87. The SMILES string of the molecule is CN(C)CCN(C(=O)O)c1ccnc(N2CCc3cc(N)ccc32)n1. The fraction of sp³-hybridized carbons (Fsp3) is 0.353. The molecule has 0 spiro atoms. The monoisotopic (exact) mass is 342 g/mol. The zero-order valence-corrected chi connectivity index (χ0v) is 14.4. The number of carbonyl (C=O) groups is 1. The van der Waals surface area contributed by atoms with Crippen LogP contribution in [-0.4, -0.2) is 59.8 Å². The van der Waals surface area contributed by atoms with Gasteiger partial charge in [-0.05, 0) is 50.3 Å². The lowest BCUT2D eigenvalue weighted by Crippen LogP contribution is -2.36. The number of rotatable bonds is 5. The predicted octanol–water partition coefficient (Wildman–Crippen LogP) is 1.80. The van der Waals surface area contributed by atoms with Gasteiger partial charge in [0.25, 0.3) is 0 Å². The molecule has 1 aromatic heterocycles. The number of nitrogen functional groups attached to an aromatic ring is 1. The van der Waals surface area contributed by atoms with Crippen molar-refractivity contribution < 1.29 is 9.90 Å². The van der Waals surface area contributed by atoms with Gasteiger partial charge in [-0.15, -0.1) is 0 Å². The third-order valence-electron chi connectivity index (χ3n) is 4.15. The predicted molar refractivity (Wildman–Crippen MR) is 97.5 cm³/mol. The van der Waals surface area contributed by atoms with Gasteiger partial charge in [0.1, 0.15) is 5.82 Å². The van der Waals surface area contributed by atoms with E-state index in [4.69, 9.17) is 5.73 Å². The number of carboxylic acid groups (broad SMARTS) is 1. The summed E-state index contributed by atoms with van der Waals surface area (Å²) >= 11 is 0. The molecule has 25 heavy (non-hydrogen) atoms. The van der Waals surface area contributed by atoms with E-state index in [9.17, 15) is 9.90 Å². The van der Waals surface area contributed by atoms with E-state index in [1.807, 2.05) is 42.1 Å². The van der Waals surface area contributed by atoms with Crippen molar-refractivity contribution in [3.63, 3.8) is 0 Å². The second-order valence-electron chi connectivity index (χ2n) is 6.24. The lowest BCUT2D eigenvalue weighted by molar-refractivity contribution is 0.200. The Balaban J connectivity index is 1.88. The van der Waals surface area contributed by atoms with E-state index >= 15 is 0 Å². The number of amides is 1. The number of hydrogen-bond acceptors (Lipinski definition) is 6. The van der Waals surface area contributed by atoms with E-state index in [1.165, 1.54) is 4.90 Å². The van der Waals surface area contributed by atoms with Gasteiger partial charge >= 0.3 is 6.09 Å². The van der Waals surface area contributed by atoms with Crippen molar-refractivity contribution in [2.24, 2.45) is 0 Å². The number of nitrogens with zero attached hydrogens (tertiary/aromatic N) is 5. The molecule has 1 aliphatic rings. The first-order chi connectivity index (χ1) is 12.0. The van der Waals surface area contributed by atoms with Gasteiger partial charge in [-0.1, -0.05) is 0 Å². The summed E-state index contributed by atoms with van der Waals surface area (Å²) < 4.78 is 0. The van der Waals surface area contributed by atoms with Crippen LogP contribution in [-0.2, 0) is 6.42 Å². The van der Waals surface area contributed by atoms with Crippen molar-refractivity contribution in [1.29, 1.82) is 0 Å². The minimum atomic E-state index is -1.03. The minimum absolute atomic E-state index is 0.339. The molecular weight excluding hydrogens is 320 g/mol. The minimum Gasteiger partial charge on any atom is -0.465 e. The molecule has 0 saturated carbocycles. The number of benzene rings is 1. The van der Waals surface area contributed by atoms with Crippen molar-refractivity contribution in [3.8, 4) is 0 Å². The molecule has 0 saturated heterocycles. The fourth-order valence-corrected chi connectivity index (χ4v) is 2.86. The maximum atomic E-state index is 11.6. The van der Waals surface area contributed by atoms with Gasteiger partial charge in [0.05, 0.1) is 0 Å². The van der Waals surface area contributed by atoms with Gasteiger partial charge in [0.15, 0.2) is 0 Å². The summed E-state index contributed by atoms with van der Waals surface area (Å²) in [5.41, 5.74) is 8.74. The number of nitrogens with two attached hydrogens (primary N) is 1. The molecule has 2 heterocycles. The summed E-state index contributed by atoms with van der Waals surface area (Å²) in [5, 5.41) is 9.50. The van der Waals surface area contributed by atoms with Gasteiger partial charge in [-0.2, -0.15) is 4.98 Å². The van der Waals surface area contributed by atoms with Crippen molar-refractivity contribution in [3.05, 3.63) is 36.0 Å². The molecular formula is C17H22N6O2. The summed E-state index contributed by atoms with van der Waals surface area (Å²) in [6.07, 6.45) is 1.43. The molecule has 0 unspecified atom stereocenters. The maximum absolute atomic E-state index is 11.6. The number of aromatic nitrogens is 2. The highest BCUT2D eigenvalue weighted by atomic mass is 16.4. The third-order valence-corrected chi connectivity index (χ3v) is 4.15. The van der Waals surface area contributed by atoms with Gasteiger partial charge in [0.2, 0.25) is 5.95 Å². The highest BCUT2D eigenvalue weighted by molar-refractivity contribution is 5.85. The van der Waals surface area contributed by atoms with Crippen LogP contribution in [0.2, 0.25) is 0 Å². The lowest BCUT2D eigenvalue weighted by Gasteiger charge is -2.22. The van der Waals surface area contributed by atoms with Crippen molar-refractivity contribution in [2.45, 2.75) is 6.42 Å². The first-order valence-electron chi connectivity index (χ1n) is 8.10. The smallest absolute Gasteiger partial charge is 0.413 e. The maximum Gasteiger partial charge on any atom is 0.413 e. The first-order valence-corrected chi connectivity index (χ1v) is 8.10. The molecule has 3 N–H and O–H groups in total. The number of likely N-dealkylation sites (N-methyl/N-ethyl adjacent to an activating group) is 1. The van der Waals surface area contributed by atoms with Crippen LogP contribution in [0.25, 0.3) is 0 Å². The Kier molecular flexibility index (Phi) is 4.71. The average molecular weight is 342 g/mol. The van der Waals surface area contributed by atoms with Crippen LogP contribution in [0.4, 0.5) is 27.9 Å². The summed E-state index contributed by atoms with van der Waals surface area (Å²) in [6.45, 7) is 1.69. The normalized spacial score (nSPS) is 13.2. The van der Waals surface area contributed by atoms with E-state index < -0.39 is 6.09 Å². The number of fused-ring (bicyclic) bond motifs is 1. The summed E-state index contributed by atoms with van der Waals surface area (Å²) in [6, 6.07) is 7.38. The Labute approximate surface area is 146 Å². The van der Waals surface area contributed by atoms with E-state index in [2.05, 4.69) is 9.97 Å². The molecule has 1 amide bonds. The molecule has 0 aliphatic carbocycles. The van der Waals surface area contributed by atoms with Gasteiger partial charge in [-0.25, -0.2) is 9.78 Å². The molecule has 0 radical (unpaired) electrons. The second-order valence-corrected chi connectivity index (χ2v) is 6.24. The van der Waals surface area contributed by atoms with E-state index in [1.54, 1.807) is 12.3 Å². The molecule has 2 aromatic rings. The van der Waals surface area contributed by atoms with Gasteiger partial charge < -0.3 is 20.6 Å². The Morgan fingerprint density at radius 3 is 2.84 bits per heavy atom. The molecule has 1 aliphatic heterocycles. The Bertz CT molecular complexity index is 779. The van der Waals surface area contributed by atoms with Crippen LogP contribution >= 0.6 is 0 Å². The molecule has 8 heteroatoms. The Morgan fingerprint density at radius 1 is 1.32 bits per heavy atom. The molecule has 3 rings (SSSR count). The highest BCUT2D eigenvalue weighted by Gasteiger charge is 2.24. The molecule has 0 bridgehead atoms. The zero-order valence-electron chi connectivity index (χ0n) is 14.4. The standard InChI is InChI=1S/C17H22N6O2/c1-21(2)9-10-23(17(24)25)15-5-7-19-16(20-15)22-8-6-12-11-13(18)3-4-14(12)22/h3-5,7,11H,6,8-10,18H2,1-2H3,(H,24,25). The molecule has 0 atom stereocenters. The molecule has 8 nitrogen and oxygen atoms in total. The molecule has 132 valence electrons. The first kappa shape index (κ1) is 17.0. The number of anilines is 4. The van der Waals surface area contributed by atoms with Crippen LogP contribution in [0, 0.1) is 0 Å². The molecule has 0 fully saturated rings. The third kappa shape index (κ3) is 3.63. The lowest BCUT2D eigenvalue weighted by atomic mass is 10.1. The summed E-state index contributed by atoms with van der Waals surface area (Å²) in [5.74, 6) is 0.875. The highest BCUT2D eigenvalue weighted by Crippen LogP contribution is 2.34. The summed E-state index contributed by atoms with van der Waals surface area (Å²) in [7, 11) is 3.80.